The fraction of sp³-hybridized carbons (Fsp3) is 0.375. The molecule has 1 atom stereocenters. The third-order valence-corrected chi connectivity index (χ3v) is 7.01. The van der Waals surface area contributed by atoms with E-state index >= 15 is 0 Å². The van der Waals surface area contributed by atoms with Crippen molar-refractivity contribution in [3.63, 3.8) is 0 Å². The topological polar surface area (TPSA) is 65.1 Å². The Balaban J connectivity index is 1.88. The molecule has 0 fully saturated rings. The van der Waals surface area contributed by atoms with E-state index in [1.165, 1.54) is 4.90 Å². The first-order valence-corrected chi connectivity index (χ1v) is 13.2. The molecule has 0 aromatic heterocycles. The van der Waals surface area contributed by atoms with Gasteiger partial charge >= 0.3 is 6.09 Å². The molecule has 3 aromatic rings. The molecular formula is C32H39NO5. The molecule has 0 N–H and O–H groups in total. The van der Waals surface area contributed by atoms with E-state index in [0.717, 1.165) is 58.4 Å². The van der Waals surface area contributed by atoms with Crippen LogP contribution >= 0.6 is 0 Å². The Morgan fingerprint density at radius 3 is 2.11 bits per heavy atom. The lowest BCUT2D eigenvalue weighted by Gasteiger charge is -2.28. The highest BCUT2D eigenvalue weighted by Gasteiger charge is 2.26. The second-order valence-electron chi connectivity index (χ2n) is 9.64. The van der Waals surface area contributed by atoms with Gasteiger partial charge in [-0.05, 0) is 67.9 Å². The van der Waals surface area contributed by atoms with Crippen molar-refractivity contribution in [3.05, 3.63) is 94.0 Å². The first-order chi connectivity index (χ1) is 18.4. The van der Waals surface area contributed by atoms with Crippen molar-refractivity contribution in [1.82, 2.24) is 4.90 Å². The highest BCUT2D eigenvalue weighted by molar-refractivity contribution is 5.73. The molecule has 3 aromatic carbocycles. The molecule has 6 nitrogen and oxygen atoms in total. The van der Waals surface area contributed by atoms with E-state index in [9.17, 15) is 9.59 Å². The molecule has 0 saturated heterocycles. The number of hydrogen-bond acceptors (Lipinski definition) is 5. The first-order valence-electron chi connectivity index (χ1n) is 13.2. The maximum atomic E-state index is 13.4. The van der Waals surface area contributed by atoms with Gasteiger partial charge in [0.25, 0.3) is 6.47 Å². The molecule has 0 bridgehead atoms. The largest absolute Gasteiger partial charge is 0.488 e. The zero-order valence-corrected chi connectivity index (χ0v) is 23.2. The Labute approximate surface area is 226 Å². The summed E-state index contributed by atoms with van der Waals surface area (Å²) in [5, 5.41) is 0. The van der Waals surface area contributed by atoms with Crippen molar-refractivity contribution in [1.29, 1.82) is 0 Å². The normalized spacial score (nSPS) is 11.5. The molecule has 0 heterocycles. The Morgan fingerprint density at radius 1 is 0.895 bits per heavy atom. The summed E-state index contributed by atoms with van der Waals surface area (Å²) >= 11 is 0. The van der Waals surface area contributed by atoms with Crippen molar-refractivity contribution in [2.75, 3.05) is 13.7 Å². The van der Waals surface area contributed by atoms with Crippen LogP contribution in [0.2, 0.25) is 0 Å². The van der Waals surface area contributed by atoms with Gasteiger partial charge in [-0.3, -0.25) is 4.79 Å². The molecule has 0 radical (unpaired) electrons. The molecule has 3 rings (SSSR count). The summed E-state index contributed by atoms with van der Waals surface area (Å²) < 4.78 is 17.5. The number of carbonyl (C=O) groups excluding carboxylic acids is 2. The molecule has 1 amide bonds. The zero-order valence-electron chi connectivity index (χ0n) is 23.2. The van der Waals surface area contributed by atoms with Crippen LogP contribution in [-0.4, -0.2) is 37.2 Å². The molecule has 6 heteroatoms. The zero-order chi connectivity index (χ0) is 27.5. The first kappa shape index (κ1) is 28.8. The molecule has 0 aliphatic carbocycles. The summed E-state index contributed by atoms with van der Waals surface area (Å²) in [4.78, 5) is 25.9. The third-order valence-electron chi connectivity index (χ3n) is 7.01. The summed E-state index contributed by atoms with van der Waals surface area (Å²) in [7, 11) is 1.68. The molecule has 0 spiro atoms. The maximum Gasteiger partial charge on any atom is 0.415 e. The van der Waals surface area contributed by atoms with E-state index in [-0.39, 0.29) is 12.6 Å². The van der Waals surface area contributed by atoms with Crippen LogP contribution in [0.4, 0.5) is 4.79 Å². The van der Waals surface area contributed by atoms with Gasteiger partial charge in [0, 0.05) is 12.6 Å². The van der Waals surface area contributed by atoms with Crippen LogP contribution in [0.15, 0.2) is 60.7 Å². The van der Waals surface area contributed by atoms with Gasteiger partial charge in [0.15, 0.2) is 0 Å². The van der Waals surface area contributed by atoms with Crippen LogP contribution in [0.25, 0.3) is 0 Å². The lowest BCUT2D eigenvalue weighted by Crippen LogP contribution is -2.43. The Morgan fingerprint density at radius 2 is 1.50 bits per heavy atom. The van der Waals surface area contributed by atoms with Crippen LogP contribution in [-0.2, 0) is 29.0 Å². The fourth-order valence-corrected chi connectivity index (χ4v) is 4.55. The average Bonchev–Trinajstić information content (AvgIpc) is 2.94. The van der Waals surface area contributed by atoms with E-state index < -0.39 is 6.09 Å². The average molecular weight is 518 g/mol. The van der Waals surface area contributed by atoms with Crippen molar-refractivity contribution in [2.45, 2.75) is 66.0 Å². The fourth-order valence-electron chi connectivity index (χ4n) is 4.55. The highest BCUT2D eigenvalue weighted by Crippen LogP contribution is 2.39. The minimum Gasteiger partial charge on any atom is -0.488 e. The lowest BCUT2D eigenvalue weighted by molar-refractivity contribution is -0.130. The molecule has 38 heavy (non-hydrogen) atoms. The number of hydrogen-bond donors (Lipinski definition) is 0. The predicted octanol–water partition coefficient (Wildman–Crippen LogP) is 6.75. The van der Waals surface area contributed by atoms with Gasteiger partial charge in [-0.15, -0.1) is 0 Å². The van der Waals surface area contributed by atoms with E-state index in [1.54, 1.807) is 7.05 Å². The predicted molar refractivity (Wildman–Crippen MR) is 150 cm³/mol. The number of rotatable bonds is 13. The van der Waals surface area contributed by atoms with E-state index in [2.05, 4.69) is 6.92 Å². The van der Waals surface area contributed by atoms with Crippen molar-refractivity contribution >= 4 is 12.6 Å². The van der Waals surface area contributed by atoms with E-state index in [4.69, 9.17) is 14.2 Å². The maximum absolute atomic E-state index is 13.4. The van der Waals surface area contributed by atoms with Crippen LogP contribution < -0.4 is 9.47 Å². The smallest absolute Gasteiger partial charge is 0.415 e. The number of nitrogens with zero attached hydrogens (tertiary/aromatic N) is 1. The minimum atomic E-state index is -0.488. The molecular weight excluding hydrogens is 478 g/mol. The lowest BCUT2D eigenvalue weighted by atomic mass is 9.94. The molecule has 0 saturated carbocycles. The number of carbonyl (C=O) groups is 2. The van der Waals surface area contributed by atoms with Gasteiger partial charge in [-0.25, -0.2) is 4.79 Å². The second-order valence-corrected chi connectivity index (χ2v) is 9.64. The number of unbranched alkanes of at least 4 members (excludes halogenated alkanes) is 1. The summed E-state index contributed by atoms with van der Waals surface area (Å²) in [5.41, 5.74) is 5.96. The van der Waals surface area contributed by atoms with Gasteiger partial charge in [0.1, 0.15) is 24.7 Å². The van der Waals surface area contributed by atoms with Gasteiger partial charge in [0.05, 0.1) is 6.04 Å². The van der Waals surface area contributed by atoms with Crippen LogP contribution in [0.1, 0.15) is 53.1 Å². The number of ether oxygens (including phenoxy) is 3. The van der Waals surface area contributed by atoms with Crippen LogP contribution in [0.5, 0.6) is 11.5 Å². The van der Waals surface area contributed by atoms with Crippen molar-refractivity contribution < 1.29 is 23.8 Å². The van der Waals surface area contributed by atoms with Gasteiger partial charge in [0.2, 0.25) is 0 Å². The molecule has 1 unspecified atom stereocenters. The Bertz CT molecular complexity index is 1190. The highest BCUT2D eigenvalue weighted by atomic mass is 16.6. The summed E-state index contributed by atoms with van der Waals surface area (Å²) in [6.07, 6.45) is 2.80. The quantitative estimate of drug-likeness (QED) is 0.235. The van der Waals surface area contributed by atoms with Crippen LogP contribution in [0.3, 0.4) is 0 Å². The summed E-state index contributed by atoms with van der Waals surface area (Å²) in [6.45, 7) is 9.11. The number of amides is 1. The van der Waals surface area contributed by atoms with Gasteiger partial charge in [-0.1, -0.05) is 74.0 Å². The second kappa shape index (κ2) is 14.2. The molecule has 0 aliphatic rings. The van der Waals surface area contributed by atoms with E-state index in [0.29, 0.717) is 25.2 Å². The van der Waals surface area contributed by atoms with E-state index in [1.807, 2.05) is 81.4 Å². The third kappa shape index (κ3) is 7.37. The Hall–Kier alpha value is -3.80. The number of likely N-dealkylation sites (N-methyl/N-ethyl adjacent to an activating group) is 1. The standard InChI is InChI=1S/C32H39NO5/c1-6-7-18-29-25(4)30(37-20-27-16-12-9-13-17-27)23(2)24(3)31(29)38-32(35)33(5)28(21-36-22-34)19-26-14-10-8-11-15-26/h8-17,22,28H,6-7,18-21H2,1-5H3. The Kier molecular flexibility index (Phi) is 10.8. The van der Waals surface area contributed by atoms with Crippen LogP contribution in [0, 0.1) is 20.8 Å². The van der Waals surface area contributed by atoms with Crippen molar-refractivity contribution in [2.24, 2.45) is 0 Å². The summed E-state index contributed by atoms with van der Waals surface area (Å²) in [5.74, 6) is 1.43. The minimum absolute atomic E-state index is 0.0794. The number of benzene rings is 3. The SMILES string of the molecule is CCCCc1c(C)c(OCc2ccccc2)c(C)c(C)c1OC(=O)N(C)C(COC=O)Cc1ccccc1. The molecule has 202 valence electrons. The van der Waals surface area contributed by atoms with Crippen molar-refractivity contribution in [3.8, 4) is 11.5 Å². The van der Waals surface area contributed by atoms with Gasteiger partial charge in [-0.2, -0.15) is 0 Å². The monoisotopic (exact) mass is 517 g/mol. The molecule has 0 aliphatic heterocycles. The summed E-state index contributed by atoms with van der Waals surface area (Å²) in [6, 6.07) is 19.5. The van der Waals surface area contributed by atoms with Gasteiger partial charge < -0.3 is 19.1 Å².